The van der Waals surface area contributed by atoms with Crippen LogP contribution in [0.15, 0.2) is 30.3 Å². The van der Waals surface area contributed by atoms with Crippen LogP contribution in [0.1, 0.15) is 38.2 Å². The van der Waals surface area contributed by atoms with Gasteiger partial charge >= 0.3 is 6.09 Å². The van der Waals surface area contributed by atoms with Crippen molar-refractivity contribution in [3.63, 3.8) is 0 Å². The number of ether oxygens (including phenoxy) is 3. The average molecular weight is 363 g/mol. The summed E-state index contributed by atoms with van der Waals surface area (Å²) in [6, 6.07) is 8.98. The molecule has 1 amide bonds. The van der Waals surface area contributed by atoms with Gasteiger partial charge in [-0.3, -0.25) is 0 Å². The first-order chi connectivity index (χ1) is 12.6. The third-order valence-corrected chi connectivity index (χ3v) is 5.55. The molecule has 4 rings (SSSR count). The second kappa shape index (κ2) is 8.84. The lowest BCUT2D eigenvalue weighted by molar-refractivity contribution is -0.151. The van der Waals surface area contributed by atoms with E-state index in [1.54, 1.807) is 0 Å². The molecule has 0 radical (unpaired) electrons. The molecule has 0 aromatic heterocycles. The highest BCUT2D eigenvalue weighted by molar-refractivity contribution is 5.67. The van der Waals surface area contributed by atoms with Crippen LogP contribution < -0.4 is 5.32 Å². The lowest BCUT2D eigenvalue weighted by Gasteiger charge is -2.46. The Morgan fingerprint density at radius 3 is 2.69 bits per heavy atom. The van der Waals surface area contributed by atoms with Gasteiger partial charge < -0.3 is 24.6 Å². The highest BCUT2D eigenvalue weighted by Crippen LogP contribution is 2.43. The van der Waals surface area contributed by atoms with E-state index in [-0.39, 0.29) is 24.7 Å². The van der Waals surface area contributed by atoms with Crippen LogP contribution in [0.5, 0.6) is 0 Å². The van der Waals surface area contributed by atoms with Crippen molar-refractivity contribution < 1.29 is 24.1 Å². The number of carbonyl (C=O) groups excluding carboxylic acids is 1. The molecule has 1 aromatic carbocycles. The minimum atomic E-state index is -0.553. The largest absolute Gasteiger partial charge is 0.445 e. The fourth-order valence-electron chi connectivity index (χ4n) is 3.65. The normalized spacial score (nSPS) is 26.9. The maximum Gasteiger partial charge on any atom is 0.407 e. The van der Waals surface area contributed by atoms with Crippen molar-refractivity contribution in [1.29, 1.82) is 0 Å². The molecule has 2 heterocycles. The minimum absolute atomic E-state index is 0.0941. The van der Waals surface area contributed by atoms with Crippen molar-refractivity contribution in [2.45, 2.75) is 57.5 Å². The van der Waals surface area contributed by atoms with Crippen LogP contribution in [-0.4, -0.2) is 49.3 Å². The first kappa shape index (κ1) is 19.1. The zero-order chi connectivity index (χ0) is 18.4. The zero-order valence-electron chi connectivity index (χ0n) is 15.4. The molecule has 144 valence electrons. The van der Waals surface area contributed by atoms with E-state index >= 15 is 0 Å². The molecule has 6 heteroatoms. The van der Waals surface area contributed by atoms with E-state index in [1.807, 2.05) is 37.3 Å². The molecule has 0 spiro atoms. The minimum Gasteiger partial charge on any atom is -0.445 e. The van der Waals surface area contributed by atoms with E-state index in [9.17, 15) is 9.90 Å². The Bertz CT molecular complexity index is 557. The number of benzene rings is 1. The molecule has 2 aliphatic heterocycles. The summed E-state index contributed by atoms with van der Waals surface area (Å²) in [6.45, 7) is 3.21. The van der Waals surface area contributed by atoms with Crippen molar-refractivity contribution >= 4 is 6.09 Å². The van der Waals surface area contributed by atoms with Crippen LogP contribution in [0.25, 0.3) is 0 Å². The standard InChI is InChI=1S/C20H29NO5/c1-15(25-13-20-9-7-17(8-10-20)26-14-20)18(11-22)21-19(23)24-12-16-5-3-2-4-6-16/h2-6,15,17-18,22H,7-14H2,1H3,(H,21,23)/t15-,17?,18-,20?/m1/s1. The zero-order valence-corrected chi connectivity index (χ0v) is 15.4. The molecule has 2 saturated heterocycles. The van der Waals surface area contributed by atoms with E-state index < -0.39 is 12.1 Å². The van der Waals surface area contributed by atoms with Crippen molar-refractivity contribution in [3.05, 3.63) is 35.9 Å². The van der Waals surface area contributed by atoms with Gasteiger partial charge in [-0.1, -0.05) is 30.3 Å². The maximum atomic E-state index is 12.0. The number of hydrogen-bond donors (Lipinski definition) is 2. The van der Waals surface area contributed by atoms with E-state index in [0.717, 1.165) is 37.9 Å². The van der Waals surface area contributed by atoms with E-state index in [1.165, 1.54) is 0 Å². The van der Waals surface area contributed by atoms with Gasteiger partial charge in [0.05, 0.1) is 38.1 Å². The number of aliphatic hydroxyl groups is 1. The Morgan fingerprint density at radius 2 is 2.08 bits per heavy atom. The van der Waals surface area contributed by atoms with Gasteiger partial charge in [-0.15, -0.1) is 0 Å². The molecular weight excluding hydrogens is 334 g/mol. The average Bonchev–Trinajstić information content (AvgIpc) is 2.71. The van der Waals surface area contributed by atoms with Gasteiger partial charge in [0, 0.05) is 5.41 Å². The lowest BCUT2D eigenvalue weighted by atomic mass is 9.72. The molecule has 1 saturated carbocycles. The lowest BCUT2D eigenvalue weighted by Crippen LogP contribution is -2.49. The quantitative estimate of drug-likeness (QED) is 0.742. The van der Waals surface area contributed by atoms with Crippen molar-refractivity contribution in [2.75, 3.05) is 19.8 Å². The van der Waals surface area contributed by atoms with Crippen LogP contribution in [-0.2, 0) is 20.8 Å². The fraction of sp³-hybridized carbons (Fsp3) is 0.650. The highest BCUT2D eigenvalue weighted by Gasteiger charge is 2.42. The Balaban J connectivity index is 1.42. The van der Waals surface area contributed by atoms with Crippen molar-refractivity contribution in [3.8, 4) is 0 Å². The Kier molecular flexibility index (Phi) is 6.51. The summed E-state index contributed by atoms with van der Waals surface area (Å²) < 4.78 is 17.0. The van der Waals surface area contributed by atoms with Gasteiger partial charge in [-0.2, -0.15) is 0 Å². The smallest absolute Gasteiger partial charge is 0.407 e. The van der Waals surface area contributed by atoms with E-state index in [0.29, 0.717) is 12.7 Å². The topological polar surface area (TPSA) is 77.0 Å². The third kappa shape index (κ3) is 4.96. The summed E-state index contributed by atoms with van der Waals surface area (Å²) in [7, 11) is 0. The van der Waals surface area contributed by atoms with Crippen LogP contribution >= 0.6 is 0 Å². The summed E-state index contributed by atoms with van der Waals surface area (Å²) in [4.78, 5) is 12.0. The first-order valence-electron chi connectivity index (χ1n) is 9.41. The molecule has 26 heavy (non-hydrogen) atoms. The molecule has 2 atom stereocenters. The number of hydrogen-bond acceptors (Lipinski definition) is 5. The summed E-state index contributed by atoms with van der Waals surface area (Å²) in [5.74, 6) is 0. The summed E-state index contributed by atoms with van der Waals surface area (Å²) in [5.41, 5.74) is 1.01. The maximum absolute atomic E-state index is 12.0. The number of carbonyl (C=O) groups is 1. The second-order valence-corrected chi connectivity index (χ2v) is 7.52. The number of amides is 1. The van der Waals surface area contributed by atoms with Crippen LogP contribution in [0.3, 0.4) is 0 Å². The predicted octanol–water partition coefficient (Wildman–Crippen LogP) is 2.64. The number of aliphatic hydroxyl groups excluding tert-OH is 1. The Hall–Kier alpha value is -1.63. The molecule has 2 bridgehead atoms. The van der Waals surface area contributed by atoms with Gasteiger partial charge in [0.1, 0.15) is 6.61 Å². The van der Waals surface area contributed by atoms with Gasteiger partial charge in [0.2, 0.25) is 0 Å². The SMILES string of the molecule is C[C@@H](OCC12CCC(CC1)OC2)[C@@H](CO)NC(=O)OCc1ccccc1. The Morgan fingerprint density at radius 1 is 1.35 bits per heavy atom. The second-order valence-electron chi connectivity index (χ2n) is 7.52. The molecule has 1 aliphatic carbocycles. The molecule has 0 unspecified atom stereocenters. The third-order valence-electron chi connectivity index (χ3n) is 5.55. The van der Waals surface area contributed by atoms with Crippen LogP contribution in [0.4, 0.5) is 4.79 Å². The van der Waals surface area contributed by atoms with Gasteiger partial charge in [-0.25, -0.2) is 4.79 Å². The number of fused-ring (bicyclic) bond motifs is 3. The predicted molar refractivity (Wildman–Crippen MR) is 96.7 cm³/mol. The monoisotopic (exact) mass is 363 g/mol. The summed E-state index contributed by atoms with van der Waals surface area (Å²) in [5, 5.41) is 12.3. The summed E-state index contributed by atoms with van der Waals surface area (Å²) >= 11 is 0. The molecule has 1 aromatic rings. The molecule has 3 aliphatic rings. The number of nitrogens with one attached hydrogen (secondary N) is 1. The first-order valence-corrected chi connectivity index (χ1v) is 9.41. The molecule has 3 fully saturated rings. The van der Waals surface area contributed by atoms with E-state index in [2.05, 4.69) is 5.32 Å². The van der Waals surface area contributed by atoms with E-state index in [4.69, 9.17) is 14.2 Å². The molecular formula is C20H29NO5. The van der Waals surface area contributed by atoms with Crippen molar-refractivity contribution in [2.24, 2.45) is 5.41 Å². The van der Waals surface area contributed by atoms with Crippen LogP contribution in [0, 0.1) is 5.41 Å². The van der Waals surface area contributed by atoms with Crippen molar-refractivity contribution in [1.82, 2.24) is 5.32 Å². The number of rotatable bonds is 8. The Labute approximate surface area is 154 Å². The van der Waals surface area contributed by atoms with Gasteiger partial charge in [0.25, 0.3) is 0 Å². The fourth-order valence-corrected chi connectivity index (χ4v) is 3.65. The molecule has 6 nitrogen and oxygen atoms in total. The van der Waals surface area contributed by atoms with Gasteiger partial charge in [-0.05, 0) is 38.2 Å². The summed E-state index contributed by atoms with van der Waals surface area (Å²) in [6.07, 6.45) is 4.03. The molecule has 2 N–H and O–H groups in total. The van der Waals surface area contributed by atoms with Gasteiger partial charge in [0.15, 0.2) is 0 Å². The number of alkyl carbamates (subject to hydrolysis) is 1. The van der Waals surface area contributed by atoms with Crippen LogP contribution in [0.2, 0.25) is 0 Å². The highest BCUT2D eigenvalue weighted by atomic mass is 16.5.